The first-order chi connectivity index (χ1) is 13.6. The molecule has 0 fully saturated rings. The van der Waals surface area contributed by atoms with E-state index in [2.05, 4.69) is 10.6 Å². The molecule has 2 rings (SSSR count). The van der Waals surface area contributed by atoms with Crippen LogP contribution >= 0.6 is 0 Å². The number of nitrogens with one attached hydrogen (secondary N) is 2. The minimum Gasteiger partial charge on any atom is -0.375 e. The minimum atomic E-state index is -4.67. The van der Waals surface area contributed by atoms with Gasteiger partial charge in [0.1, 0.15) is 5.69 Å². The van der Waals surface area contributed by atoms with Gasteiger partial charge in [-0.15, -0.1) is 0 Å². The van der Waals surface area contributed by atoms with Crippen molar-refractivity contribution in [2.45, 2.75) is 32.5 Å². The number of nitrogens with zero attached hydrogens (tertiary/aromatic N) is 1. The van der Waals surface area contributed by atoms with Gasteiger partial charge >= 0.3 is 6.18 Å². The van der Waals surface area contributed by atoms with Gasteiger partial charge in [0.25, 0.3) is 5.69 Å². The zero-order chi connectivity index (χ0) is 21.6. The van der Waals surface area contributed by atoms with Crippen molar-refractivity contribution in [1.29, 1.82) is 0 Å². The molecule has 2 aromatic rings. The third-order valence-electron chi connectivity index (χ3n) is 4.39. The highest BCUT2D eigenvalue weighted by molar-refractivity contribution is 5.78. The highest BCUT2D eigenvalue weighted by Crippen LogP contribution is 2.35. The summed E-state index contributed by atoms with van der Waals surface area (Å²) in [6.07, 6.45) is -4.49. The highest BCUT2D eigenvalue weighted by Gasteiger charge is 2.33. The van der Waals surface area contributed by atoms with E-state index in [0.29, 0.717) is 6.07 Å². The van der Waals surface area contributed by atoms with Gasteiger partial charge in [-0.3, -0.25) is 14.9 Å². The lowest BCUT2D eigenvalue weighted by atomic mass is 10.0. The summed E-state index contributed by atoms with van der Waals surface area (Å²) >= 11 is 0. The zero-order valence-corrected chi connectivity index (χ0v) is 16.0. The van der Waals surface area contributed by atoms with Crippen molar-refractivity contribution in [2.24, 2.45) is 5.92 Å². The maximum absolute atomic E-state index is 12.9. The Morgan fingerprint density at radius 3 is 2.34 bits per heavy atom. The first kappa shape index (κ1) is 22.2. The number of nitro groups is 1. The predicted octanol–water partition coefficient (Wildman–Crippen LogP) is 4.41. The van der Waals surface area contributed by atoms with Crippen molar-refractivity contribution in [3.8, 4) is 0 Å². The van der Waals surface area contributed by atoms with Crippen LogP contribution in [0.2, 0.25) is 0 Å². The maximum Gasteiger partial charge on any atom is 0.416 e. The van der Waals surface area contributed by atoms with Gasteiger partial charge in [0, 0.05) is 18.7 Å². The van der Waals surface area contributed by atoms with E-state index in [1.807, 2.05) is 44.2 Å². The molecule has 0 saturated carbocycles. The van der Waals surface area contributed by atoms with Gasteiger partial charge in [-0.05, 0) is 23.6 Å². The van der Waals surface area contributed by atoms with Crippen LogP contribution in [-0.2, 0) is 17.4 Å². The van der Waals surface area contributed by atoms with Gasteiger partial charge in [0.05, 0.1) is 16.9 Å². The molecule has 1 atom stereocenters. The monoisotopic (exact) mass is 409 g/mol. The third-order valence-corrected chi connectivity index (χ3v) is 4.39. The summed E-state index contributed by atoms with van der Waals surface area (Å²) in [6.45, 7) is 3.86. The standard InChI is InChI=1S/C20H22F3N3O3/c1-13(2)17(12-24-19(27)10-14-6-4-3-5-7-14)25-16-9-8-15(20(21,22)23)11-18(16)26(28)29/h3-9,11,13,17,25H,10,12H2,1-2H3,(H,24,27)/t17-/m0/s1. The fourth-order valence-electron chi connectivity index (χ4n) is 2.70. The molecule has 0 aliphatic carbocycles. The second-order valence-corrected chi connectivity index (χ2v) is 6.95. The Balaban J connectivity index is 2.10. The number of benzene rings is 2. The number of rotatable bonds is 8. The van der Waals surface area contributed by atoms with Gasteiger partial charge < -0.3 is 10.6 Å². The summed E-state index contributed by atoms with van der Waals surface area (Å²) in [5, 5.41) is 16.9. The Labute approximate surface area is 166 Å². The van der Waals surface area contributed by atoms with Crippen LogP contribution in [0.15, 0.2) is 48.5 Å². The molecule has 1 amide bonds. The van der Waals surface area contributed by atoms with E-state index < -0.39 is 28.4 Å². The molecule has 0 spiro atoms. The molecule has 9 heteroatoms. The molecule has 0 saturated heterocycles. The number of alkyl halides is 3. The SMILES string of the molecule is CC(C)[C@H](CNC(=O)Cc1ccccc1)Nc1ccc(C(F)(F)F)cc1[N+](=O)[O-]. The molecular formula is C20H22F3N3O3. The largest absolute Gasteiger partial charge is 0.416 e. The van der Waals surface area contributed by atoms with Crippen LogP contribution in [0.5, 0.6) is 0 Å². The quantitative estimate of drug-likeness (QED) is 0.500. The van der Waals surface area contributed by atoms with E-state index in [9.17, 15) is 28.1 Å². The van der Waals surface area contributed by atoms with Crippen LogP contribution in [0, 0.1) is 16.0 Å². The van der Waals surface area contributed by atoms with Crippen LogP contribution in [0.25, 0.3) is 0 Å². The molecule has 2 aromatic carbocycles. The molecule has 0 radical (unpaired) electrons. The Hall–Kier alpha value is -3.10. The molecule has 2 N–H and O–H groups in total. The minimum absolute atomic E-state index is 0.0287. The average Bonchev–Trinajstić information content (AvgIpc) is 2.64. The summed E-state index contributed by atoms with van der Waals surface area (Å²) in [4.78, 5) is 22.5. The molecule has 0 bridgehead atoms. The number of nitro benzene ring substituents is 1. The van der Waals surface area contributed by atoms with Crippen molar-refractivity contribution in [3.63, 3.8) is 0 Å². The molecule has 6 nitrogen and oxygen atoms in total. The Kier molecular flexibility index (Phi) is 7.19. The Bertz CT molecular complexity index is 855. The van der Waals surface area contributed by atoms with Gasteiger partial charge in [-0.25, -0.2) is 0 Å². The summed E-state index contributed by atoms with van der Waals surface area (Å²) < 4.78 is 38.6. The predicted molar refractivity (Wildman–Crippen MR) is 104 cm³/mol. The Morgan fingerprint density at radius 2 is 1.79 bits per heavy atom. The molecule has 29 heavy (non-hydrogen) atoms. The van der Waals surface area contributed by atoms with Crippen molar-refractivity contribution in [2.75, 3.05) is 11.9 Å². The second-order valence-electron chi connectivity index (χ2n) is 6.95. The lowest BCUT2D eigenvalue weighted by Crippen LogP contribution is -2.40. The highest BCUT2D eigenvalue weighted by atomic mass is 19.4. The van der Waals surface area contributed by atoms with Crippen LogP contribution in [0.4, 0.5) is 24.5 Å². The van der Waals surface area contributed by atoms with E-state index >= 15 is 0 Å². The van der Waals surface area contributed by atoms with E-state index in [1.54, 1.807) is 0 Å². The van der Waals surface area contributed by atoms with Gasteiger partial charge in [-0.1, -0.05) is 44.2 Å². The lowest BCUT2D eigenvalue weighted by Gasteiger charge is -2.24. The number of anilines is 1. The van der Waals surface area contributed by atoms with E-state index in [4.69, 9.17) is 0 Å². The van der Waals surface area contributed by atoms with E-state index in [-0.39, 0.29) is 30.5 Å². The van der Waals surface area contributed by atoms with E-state index in [0.717, 1.165) is 17.7 Å². The topological polar surface area (TPSA) is 84.3 Å². The van der Waals surface area contributed by atoms with Crippen LogP contribution in [-0.4, -0.2) is 23.4 Å². The smallest absolute Gasteiger partial charge is 0.375 e. The third kappa shape index (κ3) is 6.48. The summed E-state index contributed by atoms with van der Waals surface area (Å²) in [6, 6.07) is 11.1. The van der Waals surface area contributed by atoms with Crippen LogP contribution < -0.4 is 10.6 Å². The number of carbonyl (C=O) groups excluding carboxylic acids is 1. The van der Waals surface area contributed by atoms with Gasteiger partial charge in [0.15, 0.2) is 0 Å². The first-order valence-electron chi connectivity index (χ1n) is 9.00. The number of carbonyl (C=O) groups is 1. The lowest BCUT2D eigenvalue weighted by molar-refractivity contribution is -0.384. The summed E-state index contributed by atoms with van der Waals surface area (Å²) in [5.74, 6) is -0.264. The first-order valence-corrected chi connectivity index (χ1v) is 9.00. The van der Waals surface area contributed by atoms with Crippen LogP contribution in [0.3, 0.4) is 0 Å². The molecule has 0 aliphatic heterocycles. The van der Waals surface area contributed by atoms with E-state index in [1.165, 1.54) is 0 Å². The maximum atomic E-state index is 12.9. The number of halogens is 3. The average molecular weight is 409 g/mol. The molecule has 156 valence electrons. The van der Waals surface area contributed by atoms with Crippen molar-refractivity contribution in [3.05, 3.63) is 69.8 Å². The molecule has 0 aromatic heterocycles. The normalized spacial score (nSPS) is 12.5. The summed E-state index contributed by atoms with van der Waals surface area (Å²) in [5.41, 5.74) is -0.940. The fraction of sp³-hybridized carbons (Fsp3) is 0.350. The molecule has 0 heterocycles. The van der Waals surface area contributed by atoms with Crippen molar-refractivity contribution >= 4 is 17.3 Å². The fourth-order valence-corrected chi connectivity index (χ4v) is 2.70. The van der Waals surface area contributed by atoms with Crippen LogP contribution in [0.1, 0.15) is 25.0 Å². The van der Waals surface area contributed by atoms with Crippen molar-refractivity contribution in [1.82, 2.24) is 5.32 Å². The number of hydrogen-bond acceptors (Lipinski definition) is 4. The van der Waals surface area contributed by atoms with Gasteiger partial charge in [-0.2, -0.15) is 13.2 Å². The van der Waals surface area contributed by atoms with Gasteiger partial charge in [0.2, 0.25) is 5.91 Å². The molecule has 0 aliphatic rings. The second kappa shape index (κ2) is 9.40. The molecule has 0 unspecified atom stereocenters. The number of amides is 1. The zero-order valence-electron chi connectivity index (χ0n) is 16.0. The molecular weight excluding hydrogens is 387 g/mol. The van der Waals surface area contributed by atoms with Crippen molar-refractivity contribution < 1.29 is 22.9 Å². The Morgan fingerprint density at radius 1 is 1.14 bits per heavy atom. The number of hydrogen-bond donors (Lipinski definition) is 2. The summed E-state index contributed by atoms with van der Waals surface area (Å²) in [7, 11) is 0.